The molecule has 1 N–H and O–H groups in total. The van der Waals surface area contributed by atoms with Crippen molar-refractivity contribution >= 4 is 18.4 Å². The van der Waals surface area contributed by atoms with Gasteiger partial charge in [0.2, 0.25) is 4.77 Å². The summed E-state index contributed by atoms with van der Waals surface area (Å²) >= 11 is 5.27. The lowest BCUT2D eigenvalue weighted by atomic mass is 10.2. The lowest BCUT2D eigenvalue weighted by Crippen LogP contribution is -2.00. The maximum absolute atomic E-state index is 13.2. The summed E-state index contributed by atoms with van der Waals surface area (Å²) < 4.78 is 29.9. The number of nitrogens with one attached hydrogen (secondary N) is 1. The van der Waals surface area contributed by atoms with Crippen LogP contribution in [0.5, 0.6) is 0 Å². The third kappa shape index (κ3) is 3.64. The summed E-state index contributed by atoms with van der Waals surface area (Å²) in [7, 11) is 0. The van der Waals surface area contributed by atoms with Crippen molar-refractivity contribution in [3.8, 4) is 17.1 Å². The Bertz CT molecular complexity index is 1250. The van der Waals surface area contributed by atoms with Crippen LogP contribution in [0, 0.1) is 30.3 Å². The predicted molar refractivity (Wildman–Crippen MR) is 109 cm³/mol. The maximum Gasteiger partial charge on any atom is 0.216 e. The number of halogens is 2. The fourth-order valence-corrected chi connectivity index (χ4v) is 3.15. The smallest absolute Gasteiger partial charge is 0.216 e. The van der Waals surface area contributed by atoms with Crippen LogP contribution in [0.15, 0.2) is 53.6 Å². The molecule has 146 valence electrons. The lowest BCUT2D eigenvalue weighted by Gasteiger charge is -2.04. The van der Waals surface area contributed by atoms with Gasteiger partial charge in [0.25, 0.3) is 0 Å². The number of aromatic nitrogens is 5. The minimum Gasteiger partial charge on any atom is -0.250 e. The van der Waals surface area contributed by atoms with E-state index in [1.54, 1.807) is 35.2 Å². The number of H-pyrrole nitrogens is 1. The van der Waals surface area contributed by atoms with Crippen LogP contribution in [0.1, 0.15) is 17.0 Å². The van der Waals surface area contributed by atoms with Gasteiger partial charge in [-0.25, -0.2) is 18.6 Å². The first-order valence-electron chi connectivity index (χ1n) is 8.74. The molecular formula is C20H16F2N6S. The van der Waals surface area contributed by atoms with Crippen LogP contribution in [0.2, 0.25) is 0 Å². The molecule has 0 bridgehead atoms. The second-order valence-corrected chi connectivity index (χ2v) is 6.78. The van der Waals surface area contributed by atoms with Crippen LogP contribution in [0.4, 0.5) is 8.78 Å². The number of hydrogen-bond donors (Lipinski definition) is 1. The Labute approximate surface area is 170 Å². The van der Waals surface area contributed by atoms with Crippen LogP contribution < -0.4 is 0 Å². The summed E-state index contributed by atoms with van der Waals surface area (Å²) in [6, 6.07) is 12.0. The molecular weight excluding hydrogens is 394 g/mol. The molecule has 0 aliphatic rings. The summed E-state index contributed by atoms with van der Waals surface area (Å²) in [4.78, 5) is 0. The summed E-state index contributed by atoms with van der Waals surface area (Å²) in [5.41, 5.74) is 3.83. The molecule has 2 aromatic heterocycles. The zero-order valence-corrected chi connectivity index (χ0v) is 16.4. The first-order valence-corrected chi connectivity index (χ1v) is 9.15. The second kappa shape index (κ2) is 7.51. The number of rotatable bonds is 4. The molecule has 0 amide bonds. The molecule has 0 unspecified atom stereocenters. The molecule has 0 radical (unpaired) electrons. The predicted octanol–water partition coefficient (Wildman–Crippen LogP) is 4.57. The standard InChI is InChI=1S/C20H16F2N6S/c1-12-18(13(2)27(26-12)17-9-7-16(22)8-10-17)11-23-28-19(24-25-20(28)29)14-3-5-15(21)6-4-14/h3-11H,1-2H3,(H,25,29). The fourth-order valence-electron chi connectivity index (χ4n) is 2.98. The summed E-state index contributed by atoms with van der Waals surface area (Å²) in [6.07, 6.45) is 1.65. The summed E-state index contributed by atoms with van der Waals surface area (Å²) in [6.45, 7) is 3.77. The third-order valence-electron chi connectivity index (χ3n) is 4.47. The first kappa shape index (κ1) is 18.9. The number of aryl methyl sites for hydroxylation is 1. The molecule has 0 saturated heterocycles. The van der Waals surface area contributed by atoms with E-state index in [-0.39, 0.29) is 11.6 Å². The monoisotopic (exact) mass is 410 g/mol. The van der Waals surface area contributed by atoms with E-state index in [9.17, 15) is 8.78 Å². The number of benzene rings is 2. The average molecular weight is 410 g/mol. The van der Waals surface area contributed by atoms with Crippen molar-refractivity contribution in [2.75, 3.05) is 0 Å². The number of hydrogen-bond acceptors (Lipinski definition) is 4. The van der Waals surface area contributed by atoms with Gasteiger partial charge >= 0.3 is 0 Å². The van der Waals surface area contributed by atoms with Crippen molar-refractivity contribution in [1.29, 1.82) is 0 Å². The Morgan fingerprint density at radius 1 is 1.00 bits per heavy atom. The van der Waals surface area contributed by atoms with Crippen LogP contribution in [0.3, 0.4) is 0 Å². The van der Waals surface area contributed by atoms with Crippen molar-refractivity contribution in [3.05, 3.63) is 81.9 Å². The van der Waals surface area contributed by atoms with Crippen molar-refractivity contribution < 1.29 is 8.78 Å². The van der Waals surface area contributed by atoms with E-state index < -0.39 is 0 Å². The van der Waals surface area contributed by atoms with E-state index in [1.165, 1.54) is 28.9 Å². The third-order valence-corrected chi connectivity index (χ3v) is 4.74. The van der Waals surface area contributed by atoms with E-state index in [1.807, 2.05) is 13.8 Å². The van der Waals surface area contributed by atoms with Gasteiger partial charge in [0.15, 0.2) is 5.82 Å². The molecule has 0 spiro atoms. The van der Waals surface area contributed by atoms with Gasteiger partial charge in [-0.05, 0) is 74.6 Å². The van der Waals surface area contributed by atoms with Gasteiger partial charge in [-0.1, -0.05) is 0 Å². The highest BCUT2D eigenvalue weighted by Crippen LogP contribution is 2.19. The van der Waals surface area contributed by atoms with Gasteiger partial charge < -0.3 is 0 Å². The maximum atomic E-state index is 13.2. The summed E-state index contributed by atoms with van der Waals surface area (Å²) in [5.74, 6) is -0.176. The minimum atomic E-state index is -0.336. The molecule has 4 rings (SSSR count). The van der Waals surface area contributed by atoms with E-state index >= 15 is 0 Å². The SMILES string of the molecule is Cc1nn(-c2ccc(F)cc2)c(C)c1C=Nn1c(-c2ccc(F)cc2)n[nH]c1=S. The van der Waals surface area contributed by atoms with Gasteiger partial charge in [0.1, 0.15) is 11.6 Å². The minimum absolute atomic E-state index is 0.306. The Kier molecular flexibility index (Phi) is 4.89. The van der Waals surface area contributed by atoms with Crippen molar-refractivity contribution in [2.45, 2.75) is 13.8 Å². The molecule has 0 saturated carbocycles. The number of nitrogens with zero attached hydrogens (tertiary/aromatic N) is 5. The first-order chi connectivity index (χ1) is 13.9. The quantitative estimate of drug-likeness (QED) is 0.396. The molecule has 0 aliphatic carbocycles. The van der Waals surface area contributed by atoms with Gasteiger partial charge in [-0.3, -0.25) is 0 Å². The molecule has 29 heavy (non-hydrogen) atoms. The van der Waals surface area contributed by atoms with Crippen LogP contribution in [0.25, 0.3) is 17.1 Å². The van der Waals surface area contributed by atoms with Crippen molar-refractivity contribution in [2.24, 2.45) is 5.10 Å². The van der Waals surface area contributed by atoms with Gasteiger partial charge in [0.05, 0.1) is 23.3 Å². The molecule has 9 heteroatoms. The zero-order valence-electron chi connectivity index (χ0n) is 15.6. The molecule has 2 heterocycles. The molecule has 0 atom stereocenters. The van der Waals surface area contributed by atoms with Gasteiger partial charge in [-0.15, -0.1) is 0 Å². The molecule has 2 aromatic carbocycles. The fraction of sp³-hybridized carbons (Fsp3) is 0.100. The van der Waals surface area contributed by atoms with Crippen LogP contribution >= 0.6 is 12.2 Å². The van der Waals surface area contributed by atoms with Crippen molar-refractivity contribution in [1.82, 2.24) is 24.7 Å². The van der Waals surface area contributed by atoms with Crippen LogP contribution in [-0.2, 0) is 0 Å². The lowest BCUT2D eigenvalue weighted by molar-refractivity contribution is 0.626. The Morgan fingerprint density at radius 2 is 1.62 bits per heavy atom. The summed E-state index contributed by atoms with van der Waals surface area (Å²) in [5, 5.41) is 15.9. The molecule has 6 nitrogen and oxygen atoms in total. The van der Waals surface area contributed by atoms with E-state index in [0.717, 1.165) is 22.6 Å². The van der Waals surface area contributed by atoms with Gasteiger partial charge in [-0.2, -0.15) is 20.0 Å². The second-order valence-electron chi connectivity index (χ2n) is 6.39. The Hall–Kier alpha value is -3.46. The number of aromatic amines is 1. The van der Waals surface area contributed by atoms with Crippen molar-refractivity contribution in [3.63, 3.8) is 0 Å². The highest BCUT2D eigenvalue weighted by Gasteiger charge is 2.13. The van der Waals surface area contributed by atoms with E-state index in [2.05, 4.69) is 20.4 Å². The normalized spacial score (nSPS) is 11.4. The molecule has 4 aromatic rings. The largest absolute Gasteiger partial charge is 0.250 e. The topological polar surface area (TPSA) is 63.8 Å². The highest BCUT2D eigenvalue weighted by atomic mass is 32.1. The van der Waals surface area contributed by atoms with E-state index in [4.69, 9.17) is 12.2 Å². The van der Waals surface area contributed by atoms with Crippen LogP contribution in [-0.4, -0.2) is 30.9 Å². The highest BCUT2D eigenvalue weighted by molar-refractivity contribution is 7.71. The molecule has 0 aliphatic heterocycles. The zero-order chi connectivity index (χ0) is 20.5. The Morgan fingerprint density at radius 3 is 2.28 bits per heavy atom. The average Bonchev–Trinajstić information content (AvgIpc) is 3.21. The van der Waals surface area contributed by atoms with Gasteiger partial charge in [0, 0.05) is 11.1 Å². The van der Waals surface area contributed by atoms with E-state index in [0.29, 0.717) is 16.2 Å². The Balaban J connectivity index is 1.72. The molecule has 0 fully saturated rings.